The van der Waals surface area contributed by atoms with E-state index in [9.17, 15) is 17.6 Å². The number of ketones is 1. The van der Waals surface area contributed by atoms with E-state index in [4.69, 9.17) is 4.74 Å². The summed E-state index contributed by atoms with van der Waals surface area (Å²) in [4.78, 5) is 14.3. The van der Waals surface area contributed by atoms with Crippen molar-refractivity contribution < 1.29 is 22.3 Å². The predicted molar refractivity (Wildman–Crippen MR) is 117 cm³/mol. The second-order valence-corrected chi connectivity index (χ2v) is 8.99. The van der Waals surface area contributed by atoms with E-state index in [-0.39, 0.29) is 21.1 Å². The van der Waals surface area contributed by atoms with Gasteiger partial charge in [-0.3, -0.25) is 4.79 Å². The monoisotopic (exact) mass is 437 g/mol. The number of benzene rings is 3. The van der Waals surface area contributed by atoms with Gasteiger partial charge in [-0.25, -0.2) is 12.8 Å². The van der Waals surface area contributed by atoms with Crippen molar-refractivity contribution in [3.63, 3.8) is 0 Å². The van der Waals surface area contributed by atoms with Crippen molar-refractivity contribution in [2.45, 2.75) is 18.7 Å². The first kappa shape index (κ1) is 20.8. The first-order chi connectivity index (χ1) is 14.8. The van der Waals surface area contributed by atoms with Gasteiger partial charge in [-0.2, -0.15) is 0 Å². The van der Waals surface area contributed by atoms with Gasteiger partial charge >= 0.3 is 0 Å². The largest absolute Gasteiger partial charge is 0.494 e. The molecule has 1 heterocycles. The molecule has 0 atom stereocenters. The van der Waals surface area contributed by atoms with Gasteiger partial charge < -0.3 is 9.64 Å². The number of allylic oxidation sites excluding steroid dienone is 1. The zero-order valence-corrected chi connectivity index (χ0v) is 17.8. The molecule has 0 bridgehead atoms. The lowest BCUT2D eigenvalue weighted by Gasteiger charge is -2.29. The topological polar surface area (TPSA) is 63.7 Å². The van der Waals surface area contributed by atoms with Crippen LogP contribution < -0.4 is 9.64 Å². The van der Waals surface area contributed by atoms with E-state index < -0.39 is 21.4 Å². The van der Waals surface area contributed by atoms with Gasteiger partial charge in [0.15, 0.2) is 0 Å². The van der Waals surface area contributed by atoms with Gasteiger partial charge in [0, 0.05) is 17.5 Å². The number of nitrogens with zero attached hydrogens (tertiary/aromatic N) is 1. The van der Waals surface area contributed by atoms with E-state index in [0.717, 1.165) is 17.7 Å². The Kier molecular flexibility index (Phi) is 5.37. The van der Waals surface area contributed by atoms with Crippen LogP contribution >= 0.6 is 0 Å². The van der Waals surface area contributed by atoms with Crippen LogP contribution in [0.1, 0.15) is 22.8 Å². The Labute approximate surface area is 180 Å². The molecule has 3 aromatic carbocycles. The van der Waals surface area contributed by atoms with Gasteiger partial charge in [-0.1, -0.05) is 12.1 Å². The van der Waals surface area contributed by atoms with Crippen molar-refractivity contribution in [3.05, 3.63) is 94.8 Å². The van der Waals surface area contributed by atoms with Crippen LogP contribution in [0.4, 0.5) is 15.8 Å². The third-order valence-corrected chi connectivity index (χ3v) is 6.73. The molecular formula is C24H20FNO4S. The van der Waals surface area contributed by atoms with Gasteiger partial charge in [0.1, 0.15) is 16.5 Å². The minimum Gasteiger partial charge on any atom is -0.494 e. The Morgan fingerprint density at radius 1 is 1.03 bits per heavy atom. The summed E-state index contributed by atoms with van der Waals surface area (Å²) >= 11 is 0. The Morgan fingerprint density at radius 3 is 2.45 bits per heavy atom. The Hall–Kier alpha value is -3.45. The zero-order chi connectivity index (χ0) is 22.2. The highest BCUT2D eigenvalue weighted by Crippen LogP contribution is 2.41. The lowest BCUT2D eigenvalue weighted by molar-refractivity contribution is 0.104. The predicted octanol–water partition coefficient (Wildman–Crippen LogP) is 5.18. The number of ether oxygens (including phenoxy) is 1. The maximum Gasteiger partial charge on any atom is 0.214 e. The summed E-state index contributed by atoms with van der Waals surface area (Å²) < 4.78 is 46.0. The molecule has 0 amide bonds. The van der Waals surface area contributed by atoms with Gasteiger partial charge in [0.05, 0.1) is 17.2 Å². The summed E-state index contributed by atoms with van der Waals surface area (Å²) in [5, 5.41) is 0. The number of sulfone groups is 1. The molecule has 3 aromatic rings. The molecule has 4 rings (SSSR count). The number of anilines is 2. The molecule has 31 heavy (non-hydrogen) atoms. The third kappa shape index (κ3) is 3.84. The molecule has 0 aromatic heterocycles. The fourth-order valence-electron chi connectivity index (χ4n) is 3.46. The number of rotatable bonds is 5. The summed E-state index contributed by atoms with van der Waals surface area (Å²) in [6.07, 6.45) is 1.27. The van der Waals surface area contributed by atoms with Crippen molar-refractivity contribution in [2.75, 3.05) is 11.5 Å². The van der Waals surface area contributed by atoms with Crippen LogP contribution in [-0.4, -0.2) is 20.8 Å². The van der Waals surface area contributed by atoms with Crippen molar-refractivity contribution in [2.24, 2.45) is 0 Å². The molecular weight excluding hydrogens is 417 g/mol. The highest BCUT2D eigenvalue weighted by atomic mass is 32.2. The van der Waals surface area contributed by atoms with Crippen molar-refractivity contribution in [1.29, 1.82) is 0 Å². The van der Waals surface area contributed by atoms with E-state index in [0.29, 0.717) is 18.0 Å². The average molecular weight is 437 g/mol. The summed E-state index contributed by atoms with van der Waals surface area (Å²) in [6, 6.07) is 17.0. The number of halogens is 1. The Bertz CT molecular complexity index is 1300. The molecule has 1 aliphatic heterocycles. The summed E-state index contributed by atoms with van der Waals surface area (Å²) in [7, 11) is -4.15. The molecule has 0 N–H and O–H groups in total. The van der Waals surface area contributed by atoms with Crippen LogP contribution in [0.25, 0.3) is 0 Å². The third-order valence-electron chi connectivity index (χ3n) is 4.94. The van der Waals surface area contributed by atoms with Gasteiger partial charge in [0.2, 0.25) is 15.6 Å². The highest BCUT2D eigenvalue weighted by Gasteiger charge is 2.36. The van der Waals surface area contributed by atoms with Crippen molar-refractivity contribution in [3.8, 4) is 5.75 Å². The van der Waals surface area contributed by atoms with E-state index in [1.807, 2.05) is 32.0 Å². The number of carbonyl (C=O) groups is 1. The normalized spacial score (nSPS) is 14.5. The molecule has 0 spiro atoms. The SMILES string of the molecule is CCOc1ccc(C(=O)C2=CN(c3cccc(C)c3)c3cc(F)ccc3S2(=O)=O)cc1. The van der Waals surface area contributed by atoms with E-state index in [2.05, 4.69) is 0 Å². The fourth-order valence-corrected chi connectivity index (χ4v) is 4.99. The number of hydrogen-bond acceptors (Lipinski definition) is 5. The van der Waals surface area contributed by atoms with Gasteiger partial charge in [-0.15, -0.1) is 0 Å². The number of hydrogen-bond donors (Lipinski definition) is 0. The minimum atomic E-state index is -4.15. The molecule has 158 valence electrons. The minimum absolute atomic E-state index is 0.118. The molecule has 5 nitrogen and oxygen atoms in total. The molecule has 0 unspecified atom stereocenters. The van der Waals surface area contributed by atoms with E-state index in [1.54, 1.807) is 18.2 Å². The maximum atomic E-state index is 14.0. The lowest BCUT2D eigenvalue weighted by atomic mass is 10.1. The maximum absolute atomic E-state index is 14.0. The Balaban J connectivity index is 1.86. The molecule has 0 aliphatic carbocycles. The molecule has 7 heteroatoms. The molecule has 0 fully saturated rings. The number of aryl methyl sites for hydroxylation is 1. The Morgan fingerprint density at radius 2 is 1.77 bits per heavy atom. The van der Waals surface area contributed by atoms with E-state index >= 15 is 0 Å². The van der Waals surface area contributed by atoms with Crippen molar-refractivity contribution >= 4 is 27.0 Å². The van der Waals surface area contributed by atoms with Gasteiger partial charge in [-0.05, 0) is 74.0 Å². The van der Waals surface area contributed by atoms with Crippen LogP contribution in [0.5, 0.6) is 5.75 Å². The van der Waals surface area contributed by atoms with Crippen LogP contribution in [0.2, 0.25) is 0 Å². The first-order valence-electron chi connectivity index (χ1n) is 9.71. The smallest absolute Gasteiger partial charge is 0.214 e. The van der Waals surface area contributed by atoms with Crippen LogP contribution in [0.3, 0.4) is 0 Å². The average Bonchev–Trinajstić information content (AvgIpc) is 2.74. The fraction of sp³-hybridized carbons (Fsp3) is 0.125. The quantitative estimate of drug-likeness (QED) is 0.406. The second kappa shape index (κ2) is 8.00. The first-order valence-corrected chi connectivity index (χ1v) is 11.2. The highest BCUT2D eigenvalue weighted by molar-refractivity contribution is 7.96. The summed E-state index contributed by atoms with van der Waals surface area (Å²) in [5.41, 5.74) is 1.94. The number of Topliss-reactive ketones (excluding diaryl/α,β-unsaturated/α-hetero) is 1. The van der Waals surface area contributed by atoms with Crippen LogP contribution in [0.15, 0.2) is 82.7 Å². The summed E-state index contributed by atoms with van der Waals surface area (Å²) in [5.74, 6) is -0.626. The van der Waals surface area contributed by atoms with Crippen molar-refractivity contribution in [1.82, 2.24) is 0 Å². The number of fused-ring (bicyclic) bond motifs is 1. The molecule has 0 radical (unpaired) electrons. The lowest BCUT2D eigenvalue weighted by Crippen LogP contribution is -2.26. The van der Waals surface area contributed by atoms with Gasteiger partial charge in [0.25, 0.3) is 0 Å². The summed E-state index contributed by atoms with van der Waals surface area (Å²) in [6.45, 7) is 4.22. The zero-order valence-electron chi connectivity index (χ0n) is 17.0. The molecule has 0 saturated heterocycles. The standard InChI is InChI=1S/C24H20FNO4S/c1-3-30-20-10-7-17(8-11-20)24(27)23-15-26(19-6-4-5-16(2)13-19)21-14-18(25)9-12-22(21)31(23,28)29/h4-15H,3H2,1-2H3. The van der Waals surface area contributed by atoms with Crippen LogP contribution in [0, 0.1) is 12.7 Å². The van der Waals surface area contributed by atoms with Crippen LogP contribution in [-0.2, 0) is 9.84 Å². The molecule has 0 saturated carbocycles. The second-order valence-electron chi connectivity index (χ2n) is 7.10. The molecule has 1 aliphatic rings. The van der Waals surface area contributed by atoms with E-state index in [1.165, 1.54) is 29.3 Å². The number of carbonyl (C=O) groups excluding carboxylic acids is 1.